The molecule has 2 aromatic rings. The number of anilines is 1. The number of aromatic nitrogens is 2. The van der Waals surface area contributed by atoms with E-state index in [1.165, 1.54) is 6.20 Å². The first kappa shape index (κ1) is 23.7. The zero-order valence-electron chi connectivity index (χ0n) is 18.2. The van der Waals surface area contributed by atoms with E-state index in [0.29, 0.717) is 17.6 Å². The Morgan fingerprint density at radius 1 is 1.39 bits per heavy atom. The average molecular weight is 465 g/mol. The normalized spacial score (nSPS) is 17.4. The molecule has 1 aromatic carbocycles. The van der Waals surface area contributed by atoms with Crippen LogP contribution in [0.4, 0.5) is 5.95 Å². The first-order valence-electron chi connectivity index (χ1n) is 10.5. The van der Waals surface area contributed by atoms with Crippen LogP contribution in [0.2, 0.25) is 5.02 Å². The molecule has 1 fully saturated rings. The van der Waals surface area contributed by atoms with Crippen molar-refractivity contribution in [2.45, 2.75) is 45.1 Å². The second kappa shape index (κ2) is 10.1. The van der Waals surface area contributed by atoms with Crippen LogP contribution in [0.1, 0.15) is 45.1 Å². The topological polar surface area (TPSA) is 99.7 Å². The molecule has 0 aliphatic carbocycles. The smallest absolute Gasteiger partial charge is 0.227 e. The number of aliphatic hydroxyl groups is 1. The summed E-state index contributed by atoms with van der Waals surface area (Å²) in [5, 5.41) is 14.6. The molecule has 7 nitrogen and oxygen atoms in total. The Balaban J connectivity index is 1.82. The van der Waals surface area contributed by atoms with Gasteiger partial charge in [-0.1, -0.05) is 30.1 Å². The highest BCUT2D eigenvalue weighted by Crippen LogP contribution is 2.35. The summed E-state index contributed by atoms with van der Waals surface area (Å²) >= 11 is 12.8. The molecule has 0 saturated carbocycles. The number of nitrogens with zero attached hydrogens (tertiary/aromatic N) is 4. The van der Waals surface area contributed by atoms with Crippen LogP contribution in [0.3, 0.4) is 0 Å². The number of hydrogen-bond acceptors (Lipinski definition) is 7. The van der Waals surface area contributed by atoms with Gasteiger partial charge in [0.15, 0.2) is 0 Å². The Hall–Kier alpha value is -1.93. The van der Waals surface area contributed by atoms with Gasteiger partial charge >= 0.3 is 0 Å². The van der Waals surface area contributed by atoms with E-state index < -0.39 is 5.60 Å². The molecule has 4 N–H and O–H groups in total. The number of likely N-dealkylation sites (tertiary alicyclic amines) is 1. The first-order chi connectivity index (χ1) is 14.7. The highest BCUT2D eigenvalue weighted by molar-refractivity contribution is 6.69. The van der Waals surface area contributed by atoms with Crippen LogP contribution in [-0.2, 0) is 0 Å². The van der Waals surface area contributed by atoms with Crippen LogP contribution in [-0.4, -0.2) is 56.9 Å². The van der Waals surface area contributed by atoms with Crippen LogP contribution in [0, 0.1) is 0 Å². The minimum atomic E-state index is -0.970. The largest absolute Gasteiger partial charge is 0.403 e. The molecule has 3 rings (SSSR count). The number of nitrogens with two attached hydrogens (primary N) is 1. The molecule has 0 amide bonds. The third kappa shape index (κ3) is 6.29. The predicted molar refractivity (Wildman–Crippen MR) is 129 cm³/mol. The molecule has 168 valence electrons. The van der Waals surface area contributed by atoms with Gasteiger partial charge < -0.3 is 21.1 Å². The van der Waals surface area contributed by atoms with E-state index in [0.717, 1.165) is 54.0 Å². The van der Waals surface area contributed by atoms with Gasteiger partial charge in [-0.15, -0.1) is 0 Å². The minimum Gasteiger partial charge on any atom is -0.403 e. The van der Waals surface area contributed by atoms with Crippen LogP contribution >= 0.6 is 23.2 Å². The molecule has 0 bridgehead atoms. The summed E-state index contributed by atoms with van der Waals surface area (Å²) in [6, 6.07) is 3.99. The summed E-state index contributed by atoms with van der Waals surface area (Å²) in [7, 11) is 0. The fraction of sp³-hybridized carbons (Fsp3) is 0.500. The predicted octanol–water partition coefficient (Wildman–Crippen LogP) is 4.10. The van der Waals surface area contributed by atoms with Gasteiger partial charge in [0.2, 0.25) is 5.95 Å². The lowest BCUT2D eigenvalue weighted by Gasteiger charge is -2.31. The Morgan fingerprint density at radius 2 is 2.10 bits per heavy atom. The number of rotatable bonds is 7. The maximum atomic E-state index is 9.84. The molecule has 1 saturated heterocycles. The molecular weight excluding hydrogens is 435 g/mol. The fourth-order valence-corrected chi connectivity index (χ4v) is 4.13. The fourth-order valence-electron chi connectivity index (χ4n) is 3.63. The zero-order valence-corrected chi connectivity index (χ0v) is 19.7. The van der Waals surface area contributed by atoms with Gasteiger partial charge in [0.05, 0.1) is 23.4 Å². The van der Waals surface area contributed by atoms with Crippen molar-refractivity contribution in [1.29, 1.82) is 0 Å². The third-order valence-corrected chi connectivity index (χ3v) is 6.06. The summed E-state index contributed by atoms with van der Waals surface area (Å²) in [6.07, 6.45) is 5.19. The Morgan fingerprint density at radius 3 is 2.71 bits per heavy atom. The maximum absolute atomic E-state index is 9.84. The molecule has 9 heteroatoms. The second-order valence-electron chi connectivity index (χ2n) is 8.46. The van der Waals surface area contributed by atoms with Gasteiger partial charge in [0.25, 0.3) is 0 Å². The summed E-state index contributed by atoms with van der Waals surface area (Å²) in [5.41, 5.74) is 7.04. The molecule has 0 radical (unpaired) electrons. The Labute approximate surface area is 193 Å². The number of piperidine rings is 1. The zero-order chi connectivity index (χ0) is 22.6. The second-order valence-corrected chi connectivity index (χ2v) is 9.22. The number of halogens is 2. The van der Waals surface area contributed by atoms with Gasteiger partial charge in [-0.05, 0) is 69.9 Å². The van der Waals surface area contributed by atoms with Gasteiger partial charge in [-0.3, -0.25) is 4.99 Å². The quantitative estimate of drug-likeness (QED) is 0.533. The number of benzene rings is 1. The lowest BCUT2D eigenvalue weighted by atomic mass is 9.89. The van der Waals surface area contributed by atoms with Crippen LogP contribution in [0.25, 0.3) is 10.9 Å². The number of hydrogen-bond donors (Lipinski definition) is 3. The van der Waals surface area contributed by atoms with E-state index in [9.17, 15) is 5.11 Å². The van der Waals surface area contributed by atoms with Crippen molar-refractivity contribution in [3.05, 3.63) is 40.8 Å². The maximum Gasteiger partial charge on any atom is 0.227 e. The molecule has 1 aliphatic rings. The van der Waals surface area contributed by atoms with E-state index in [2.05, 4.69) is 38.2 Å². The molecule has 1 aromatic heterocycles. The van der Waals surface area contributed by atoms with Crippen molar-refractivity contribution < 1.29 is 5.11 Å². The van der Waals surface area contributed by atoms with E-state index >= 15 is 0 Å². The number of allylic oxidation sites excluding steroid dienone is 1. The van der Waals surface area contributed by atoms with Crippen molar-refractivity contribution in [2.75, 3.05) is 31.5 Å². The molecule has 31 heavy (non-hydrogen) atoms. The highest BCUT2D eigenvalue weighted by atomic mass is 35.5. The molecule has 0 spiro atoms. The van der Waals surface area contributed by atoms with Crippen molar-refractivity contribution in [3.8, 4) is 0 Å². The number of fused-ring (bicyclic) bond motifs is 1. The van der Waals surface area contributed by atoms with Crippen LogP contribution in [0.15, 0.2) is 35.2 Å². The lowest BCUT2D eigenvalue weighted by Crippen LogP contribution is -2.32. The standard InChI is InChI=1S/C22H30Cl2N6O/c1-4-30-7-5-14(6-8-30)16-10-18-15(9-17(16)23)12-26-21(28-18)29-19(11-25)20(24)27-13-22(2,3)31/h9-12,14,31H,4-8,13,25H2,1-3H3,(H,26,28,29)/b19-11+,27-20?. The van der Waals surface area contributed by atoms with Gasteiger partial charge in [-0.2, -0.15) is 0 Å². The Bertz CT molecular complexity index is 978. The summed E-state index contributed by atoms with van der Waals surface area (Å²) < 4.78 is 0. The third-order valence-electron chi connectivity index (χ3n) is 5.41. The van der Waals surface area contributed by atoms with Crippen LogP contribution < -0.4 is 11.1 Å². The monoisotopic (exact) mass is 464 g/mol. The van der Waals surface area contributed by atoms with Gasteiger partial charge in [0, 0.05) is 22.8 Å². The van der Waals surface area contributed by atoms with Gasteiger partial charge in [0.1, 0.15) is 5.17 Å². The number of aliphatic imine (C=N–C) groups is 1. The molecule has 0 atom stereocenters. The van der Waals surface area contributed by atoms with Crippen molar-refractivity contribution in [1.82, 2.24) is 14.9 Å². The highest BCUT2D eigenvalue weighted by Gasteiger charge is 2.22. The summed E-state index contributed by atoms with van der Waals surface area (Å²) in [4.78, 5) is 15.6. The lowest BCUT2D eigenvalue weighted by molar-refractivity contribution is 0.0905. The number of nitrogens with one attached hydrogen (secondary N) is 1. The van der Waals surface area contributed by atoms with E-state index in [-0.39, 0.29) is 11.7 Å². The Kier molecular flexibility index (Phi) is 7.75. The van der Waals surface area contributed by atoms with Crippen molar-refractivity contribution in [3.63, 3.8) is 0 Å². The molecule has 1 aliphatic heterocycles. The van der Waals surface area contributed by atoms with Crippen LogP contribution in [0.5, 0.6) is 0 Å². The first-order valence-corrected chi connectivity index (χ1v) is 11.3. The summed E-state index contributed by atoms with van der Waals surface area (Å²) in [5.74, 6) is 0.781. The summed E-state index contributed by atoms with van der Waals surface area (Å²) in [6.45, 7) is 8.89. The molecular formula is C22H30Cl2N6O. The molecule has 2 heterocycles. The minimum absolute atomic E-state index is 0.141. The molecule has 0 unspecified atom stereocenters. The van der Waals surface area contributed by atoms with Gasteiger partial charge in [-0.25, -0.2) is 9.97 Å². The average Bonchev–Trinajstić information content (AvgIpc) is 2.75. The van der Waals surface area contributed by atoms with E-state index in [4.69, 9.17) is 28.9 Å². The SMILES string of the molecule is CCN1CCC(c2cc3nc(N/C(=C/N)C(Cl)=NCC(C)(C)O)ncc3cc2Cl)CC1. The van der Waals surface area contributed by atoms with Crippen molar-refractivity contribution in [2.24, 2.45) is 10.7 Å². The van der Waals surface area contributed by atoms with E-state index in [1.54, 1.807) is 20.0 Å². The van der Waals surface area contributed by atoms with E-state index in [1.807, 2.05) is 6.07 Å². The van der Waals surface area contributed by atoms with Crippen molar-refractivity contribution >= 4 is 45.2 Å².